The molecule has 1 heterocycles. The second-order valence-electron chi connectivity index (χ2n) is 4.73. The molecule has 1 aromatic heterocycles. The van der Waals surface area contributed by atoms with Crippen LogP contribution in [0.1, 0.15) is 36.0 Å². The average molecular weight is 303 g/mol. The first-order chi connectivity index (χ1) is 10.7. The molecule has 116 valence electrons. The Labute approximate surface area is 127 Å². The van der Waals surface area contributed by atoms with Crippen molar-refractivity contribution in [2.45, 2.75) is 25.7 Å². The van der Waals surface area contributed by atoms with Crippen LogP contribution in [0.2, 0.25) is 0 Å². The van der Waals surface area contributed by atoms with Crippen molar-refractivity contribution in [2.24, 2.45) is 0 Å². The first-order valence-corrected chi connectivity index (χ1v) is 7.01. The molecule has 0 saturated carbocycles. The lowest BCUT2D eigenvalue weighted by molar-refractivity contribution is -0.137. The fourth-order valence-corrected chi connectivity index (χ4v) is 2.01. The van der Waals surface area contributed by atoms with E-state index in [0.29, 0.717) is 24.2 Å². The van der Waals surface area contributed by atoms with Gasteiger partial charge < -0.3 is 10.4 Å². The SMILES string of the molecule is O=C(O)CCCCCNC(=O)c1ccccc1-n1cnnn1. The number of unbranched alkanes of at least 4 members (excludes halogenated alkanes) is 2. The molecule has 22 heavy (non-hydrogen) atoms. The van der Waals surface area contributed by atoms with Gasteiger partial charge in [-0.2, -0.15) is 4.68 Å². The average Bonchev–Trinajstić information content (AvgIpc) is 3.04. The van der Waals surface area contributed by atoms with Gasteiger partial charge in [0.25, 0.3) is 5.91 Å². The normalized spacial score (nSPS) is 10.4. The number of carboxylic acids is 1. The van der Waals surface area contributed by atoms with Gasteiger partial charge in [-0.1, -0.05) is 18.6 Å². The molecular formula is C14H17N5O3. The van der Waals surface area contributed by atoms with E-state index >= 15 is 0 Å². The van der Waals surface area contributed by atoms with Gasteiger partial charge in [0.15, 0.2) is 0 Å². The van der Waals surface area contributed by atoms with E-state index in [1.54, 1.807) is 24.3 Å². The van der Waals surface area contributed by atoms with Gasteiger partial charge in [-0.3, -0.25) is 9.59 Å². The Kier molecular flexibility index (Phi) is 5.58. The highest BCUT2D eigenvalue weighted by Crippen LogP contribution is 2.12. The number of carboxylic acid groups (broad SMARTS) is 1. The van der Waals surface area contributed by atoms with E-state index in [4.69, 9.17) is 5.11 Å². The second kappa shape index (κ2) is 7.87. The zero-order chi connectivity index (χ0) is 15.8. The van der Waals surface area contributed by atoms with Crippen LogP contribution in [0, 0.1) is 0 Å². The summed E-state index contributed by atoms with van der Waals surface area (Å²) in [6.45, 7) is 0.502. The summed E-state index contributed by atoms with van der Waals surface area (Å²) in [7, 11) is 0. The Balaban J connectivity index is 1.87. The van der Waals surface area contributed by atoms with Crippen molar-refractivity contribution in [3.8, 4) is 5.69 Å². The molecule has 8 heteroatoms. The number of benzene rings is 1. The predicted molar refractivity (Wildman–Crippen MR) is 77.6 cm³/mol. The number of hydrogen-bond acceptors (Lipinski definition) is 5. The molecule has 0 aliphatic carbocycles. The minimum absolute atomic E-state index is 0.163. The number of nitrogens with one attached hydrogen (secondary N) is 1. The van der Waals surface area contributed by atoms with Gasteiger partial charge in [0, 0.05) is 13.0 Å². The molecule has 0 aliphatic heterocycles. The van der Waals surface area contributed by atoms with Crippen LogP contribution in [0.4, 0.5) is 0 Å². The third kappa shape index (κ3) is 4.37. The summed E-state index contributed by atoms with van der Waals surface area (Å²) in [4.78, 5) is 22.6. The van der Waals surface area contributed by atoms with Crippen molar-refractivity contribution < 1.29 is 14.7 Å². The van der Waals surface area contributed by atoms with E-state index in [1.165, 1.54) is 11.0 Å². The smallest absolute Gasteiger partial charge is 0.303 e. The molecular weight excluding hydrogens is 286 g/mol. The van der Waals surface area contributed by atoms with E-state index in [-0.39, 0.29) is 12.3 Å². The zero-order valence-corrected chi connectivity index (χ0v) is 12.0. The molecule has 0 unspecified atom stereocenters. The lowest BCUT2D eigenvalue weighted by Crippen LogP contribution is -2.25. The number of nitrogens with zero attached hydrogens (tertiary/aromatic N) is 4. The van der Waals surface area contributed by atoms with Gasteiger partial charge in [-0.25, -0.2) is 0 Å². The van der Waals surface area contributed by atoms with Crippen LogP contribution in [-0.2, 0) is 4.79 Å². The lowest BCUT2D eigenvalue weighted by atomic mass is 10.1. The van der Waals surface area contributed by atoms with Gasteiger partial charge in [-0.15, -0.1) is 5.10 Å². The third-order valence-electron chi connectivity index (χ3n) is 3.10. The molecule has 0 bridgehead atoms. The molecule has 2 rings (SSSR count). The maximum Gasteiger partial charge on any atom is 0.303 e. The number of para-hydroxylation sites is 1. The number of aliphatic carboxylic acids is 1. The highest BCUT2D eigenvalue weighted by Gasteiger charge is 2.12. The number of carbonyl (C=O) groups excluding carboxylic acids is 1. The Morgan fingerprint density at radius 1 is 1.18 bits per heavy atom. The summed E-state index contributed by atoms with van der Waals surface area (Å²) in [5.41, 5.74) is 1.09. The van der Waals surface area contributed by atoms with Crippen LogP contribution in [0.3, 0.4) is 0 Å². The molecule has 0 radical (unpaired) electrons. The highest BCUT2D eigenvalue weighted by atomic mass is 16.4. The minimum Gasteiger partial charge on any atom is -0.481 e. The fourth-order valence-electron chi connectivity index (χ4n) is 2.01. The van der Waals surface area contributed by atoms with Gasteiger partial charge in [0.05, 0.1) is 11.3 Å². The van der Waals surface area contributed by atoms with Gasteiger partial charge in [0.1, 0.15) is 6.33 Å². The molecule has 1 aromatic carbocycles. The van der Waals surface area contributed by atoms with Crippen LogP contribution in [-0.4, -0.2) is 43.7 Å². The Hall–Kier alpha value is -2.77. The van der Waals surface area contributed by atoms with Crippen molar-refractivity contribution >= 4 is 11.9 Å². The standard InChI is InChI=1S/C14H17N5O3/c20-13(21)8-2-1-5-9-15-14(22)11-6-3-4-7-12(11)19-10-16-17-18-19/h3-4,6-7,10H,1-2,5,8-9H2,(H,15,22)(H,20,21). The summed E-state index contributed by atoms with van der Waals surface area (Å²) in [5.74, 6) is -0.997. The molecule has 0 atom stereocenters. The van der Waals surface area contributed by atoms with Crippen LogP contribution in [0.25, 0.3) is 5.69 Å². The number of hydrogen-bond donors (Lipinski definition) is 2. The molecule has 0 spiro atoms. The molecule has 2 N–H and O–H groups in total. The van der Waals surface area contributed by atoms with E-state index in [1.807, 2.05) is 0 Å². The molecule has 2 aromatic rings. The summed E-state index contributed by atoms with van der Waals surface area (Å²) < 4.78 is 1.43. The number of carbonyl (C=O) groups is 2. The lowest BCUT2D eigenvalue weighted by Gasteiger charge is -2.09. The van der Waals surface area contributed by atoms with Crippen molar-refractivity contribution in [2.75, 3.05) is 6.54 Å². The Morgan fingerprint density at radius 3 is 2.73 bits per heavy atom. The maximum absolute atomic E-state index is 12.2. The van der Waals surface area contributed by atoms with Crippen molar-refractivity contribution in [1.82, 2.24) is 25.5 Å². The molecule has 0 saturated heterocycles. The van der Waals surface area contributed by atoms with Gasteiger partial charge in [-0.05, 0) is 35.4 Å². The maximum atomic E-state index is 12.2. The van der Waals surface area contributed by atoms with Crippen LogP contribution < -0.4 is 5.32 Å². The highest BCUT2D eigenvalue weighted by molar-refractivity contribution is 5.97. The summed E-state index contributed by atoms with van der Waals surface area (Å²) in [5, 5.41) is 22.3. The number of rotatable bonds is 8. The van der Waals surface area contributed by atoms with Gasteiger partial charge >= 0.3 is 5.97 Å². The number of aromatic nitrogens is 4. The van der Waals surface area contributed by atoms with E-state index < -0.39 is 5.97 Å². The third-order valence-corrected chi connectivity index (χ3v) is 3.10. The van der Waals surface area contributed by atoms with E-state index in [2.05, 4.69) is 20.8 Å². The van der Waals surface area contributed by atoms with Gasteiger partial charge in [0.2, 0.25) is 0 Å². The summed E-state index contributed by atoms with van der Waals surface area (Å²) in [6, 6.07) is 7.05. The van der Waals surface area contributed by atoms with E-state index in [0.717, 1.165) is 12.8 Å². The summed E-state index contributed by atoms with van der Waals surface area (Å²) >= 11 is 0. The summed E-state index contributed by atoms with van der Waals surface area (Å²) in [6.07, 6.45) is 3.72. The number of tetrazole rings is 1. The van der Waals surface area contributed by atoms with Crippen molar-refractivity contribution in [1.29, 1.82) is 0 Å². The monoisotopic (exact) mass is 303 g/mol. The van der Waals surface area contributed by atoms with E-state index in [9.17, 15) is 9.59 Å². The van der Waals surface area contributed by atoms with Crippen molar-refractivity contribution in [3.63, 3.8) is 0 Å². The number of amides is 1. The van der Waals surface area contributed by atoms with Crippen LogP contribution >= 0.6 is 0 Å². The van der Waals surface area contributed by atoms with Crippen LogP contribution in [0.15, 0.2) is 30.6 Å². The molecule has 8 nitrogen and oxygen atoms in total. The minimum atomic E-state index is -0.792. The van der Waals surface area contributed by atoms with Crippen LogP contribution in [0.5, 0.6) is 0 Å². The topological polar surface area (TPSA) is 110 Å². The molecule has 0 fully saturated rings. The van der Waals surface area contributed by atoms with Crippen molar-refractivity contribution in [3.05, 3.63) is 36.2 Å². The molecule has 0 aliphatic rings. The molecule has 1 amide bonds. The first kappa shape index (κ1) is 15.6. The quantitative estimate of drug-likeness (QED) is 0.705. The first-order valence-electron chi connectivity index (χ1n) is 7.01. The predicted octanol–water partition coefficient (Wildman–Crippen LogP) is 1.04. The zero-order valence-electron chi connectivity index (χ0n) is 12.0. The Morgan fingerprint density at radius 2 is 2.00 bits per heavy atom. The largest absolute Gasteiger partial charge is 0.481 e. The Bertz CT molecular complexity index is 627. The second-order valence-corrected chi connectivity index (χ2v) is 4.73. The fraction of sp³-hybridized carbons (Fsp3) is 0.357.